The van der Waals surface area contributed by atoms with Crippen LogP contribution in [-0.2, 0) is 31.4 Å². The molecule has 4 aromatic carbocycles. The molecule has 344 valence electrons. The number of anilines is 2. The Bertz CT molecular complexity index is 3380. The minimum absolute atomic E-state index is 0.0623. The molecule has 2 amide bonds. The number of Topliss-reactive ketones (excluding diaryl/α,β-unsaturated/α-hetero) is 1. The molecule has 1 spiro atoms. The quantitative estimate of drug-likeness (QED) is 0.0622. The number of hydrogen-bond acceptors (Lipinski definition) is 11. The van der Waals surface area contributed by atoms with Gasteiger partial charge in [0.15, 0.2) is 0 Å². The van der Waals surface area contributed by atoms with Crippen LogP contribution >= 0.6 is 43.2 Å². The second kappa shape index (κ2) is 16.6. The van der Waals surface area contributed by atoms with E-state index < -0.39 is 58.9 Å². The molecule has 0 bridgehead atoms. The zero-order valence-corrected chi connectivity index (χ0v) is 41.0. The van der Waals surface area contributed by atoms with Gasteiger partial charge in [0.25, 0.3) is 11.7 Å². The van der Waals surface area contributed by atoms with Gasteiger partial charge in [-0.25, -0.2) is 9.37 Å². The topological polar surface area (TPSA) is 188 Å². The van der Waals surface area contributed by atoms with Crippen molar-refractivity contribution in [3.8, 4) is 22.5 Å². The van der Waals surface area contributed by atoms with Gasteiger partial charge in [0.2, 0.25) is 22.6 Å². The summed E-state index contributed by atoms with van der Waals surface area (Å²) in [5, 5.41) is 30.0. The fraction of sp³-hybridized carbons (Fsp3) is 0.216. The molecular formula is C51H41Br2N4O10S+. The summed E-state index contributed by atoms with van der Waals surface area (Å²) in [6, 6.07) is 29.6. The number of ketones is 1. The number of carboxylic acid groups (broad SMARTS) is 1. The number of halogens is 2. The lowest BCUT2D eigenvalue weighted by atomic mass is 9.75. The highest BCUT2D eigenvalue weighted by Gasteiger charge is 2.83. The predicted molar refractivity (Wildman–Crippen MR) is 262 cm³/mol. The largest absolute Gasteiger partial charge is 0.478 e. The molecule has 3 aliphatic heterocycles. The molecule has 4 heterocycles. The predicted octanol–water partition coefficient (Wildman–Crippen LogP) is 8.11. The van der Waals surface area contributed by atoms with Crippen LogP contribution in [-0.4, -0.2) is 73.5 Å². The molecule has 2 fully saturated rings. The van der Waals surface area contributed by atoms with Crippen molar-refractivity contribution in [2.75, 3.05) is 38.4 Å². The monoisotopic (exact) mass is 1060 g/mol. The number of nitrogens with zero attached hydrogens (tertiary/aromatic N) is 2. The second-order valence-electron chi connectivity index (χ2n) is 17.5. The van der Waals surface area contributed by atoms with Crippen LogP contribution in [0.4, 0.5) is 11.4 Å². The van der Waals surface area contributed by atoms with Gasteiger partial charge in [0.05, 0.1) is 28.5 Å². The van der Waals surface area contributed by atoms with E-state index in [9.17, 15) is 34.2 Å². The lowest BCUT2D eigenvalue weighted by Crippen LogP contribution is -2.53. The Morgan fingerprint density at radius 1 is 0.868 bits per heavy atom. The summed E-state index contributed by atoms with van der Waals surface area (Å²) in [7, 11) is 7.70. The number of aliphatic hydroxyl groups is 1. The number of aromatic carboxylic acids is 1. The molecule has 17 heteroatoms. The number of fused-ring (bicyclic) bond motifs is 4. The summed E-state index contributed by atoms with van der Waals surface area (Å²) < 4.78 is 21.9. The zero-order valence-electron chi connectivity index (χ0n) is 37.0. The average Bonchev–Trinajstić information content (AvgIpc) is 4.00. The van der Waals surface area contributed by atoms with Crippen molar-refractivity contribution in [3.63, 3.8) is 0 Å². The third-order valence-electron chi connectivity index (χ3n) is 12.9. The molecule has 68 heavy (non-hydrogen) atoms. The normalized spacial score (nSPS) is 21.3. The molecule has 5 aliphatic rings. The Balaban J connectivity index is 0.895. The van der Waals surface area contributed by atoms with Crippen molar-refractivity contribution in [1.29, 1.82) is 0 Å². The van der Waals surface area contributed by atoms with Gasteiger partial charge in [0.1, 0.15) is 31.4 Å². The molecule has 10 rings (SSSR count). The highest BCUT2D eigenvalue weighted by Crippen LogP contribution is 2.66. The van der Waals surface area contributed by atoms with E-state index in [1.165, 1.54) is 6.07 Å². The van der Waals surface area contributed by atoms with Crippen LogP contribution in [0.1, 0.15) is 58.1 Å². The van der Waals surface area contributed by atoms with E-state index in [2.05, 4.69) is 42.5 Å². The molecule has 14 nitrogen and oxygen atoms in total. The second-order valence-corrected chi connectivity index (χ2v) is 20.5. The zero-order chi connectivity index (χ0) is 48.1. The van der Waals surface area contributed by atoms with Crippen molar-refractivity contribution in [2.45, 2.75) is 31.0 Å². The highest BCUT2D eigenvalue weighted by molar-refractivity contribution is 9.13. The van der Waals surface area contributed by atoms with E-state index in [-0.39, 0.29) is 28.1 Å². The number of thiophene rings is 1. The molecular weight excluding hydrogens is 1020 g/mol. The fourth-order valence-electron chi connectivity index (χ4n) is 9.62. The average molecular weight is 1060 g/mol. The summed E-state index contributed by atoms with van der Waals surface area (Å²) >= 11 is 8.09. The van der Waals surface area contributed by atoms with Crippen LogP contribution in [0.2, 0.25) is 0 Å². The maximum Gasteiger partial charge on any atom is 0.336 e. The third-order valence-corrected chi connectivity index (χ3v) is 16.0. The Morgan fingerprint density at radius 3 is 2.32 bits per heavy atom. The Morgan fingerprint density at radius 2 is 1.62 bits per heavy atom. The SMILES string of the molecule is Cc1cc2c(s1)C1(O)OC(=O)C3[C@H](C(=O)Nc4ccc(CNC(=O)c5ccc(-c6c7ccc(=[N+](C)C)cc-7oc7cc(N(C)C)ccc67)c(C(=O)O)c5)cc4)[C@H](c4ccc(Br)c(Br)c4)OC31C2=O. The number of carboxylic acids is 1. The maximum atomic E-state index is 14.4. The number of ether oxygens (including phenoxy) is 2. The molecule has 1 aromatic heterocycles. The van der Waals surface area contributed by atoms with Crippen molar-refractivity contribution >= 4 is 95.1 Å². The van der Waals surface area contributed by atoms with E-state index in [0.717, 1.165) is 31.7 Å². The van der Waals surface area contributed by atoms with E-state index >= 15 is 0 Å². The number of benzene rings is 5. The Labute approximate surface area is 409 Å². The van der Waals surface area contributed by atoms with E-state index in [4.69, 9.17) is 13.9 Å². The molecule has 0 saturated carbocycles. The van der Waals surface area contributed by atoms with Gasteiger partial charge in [-0.1, -0.05) is 24.3 Å². The van der Waals surface area contributed by atoms with Gasteiger partial charge in [0, 0.05) is 85.6 Å². The maximum absolute atomic E-state index is 14.4. The first-order valence-corrected chi connectivity index (χ1v) is 23.8. The lowest BCUT2D eigenvalue weighted by molar-refractivity contribution is -0.251. The highest BCUT2D eigenvalue weighted by atomic mass is 79.9. The first-order chi connectivity index (χ1) is 32.4. The third kappa shape index (κ3) is 7.09. The minimum atomic E-state index is -2.42. The Kier molecular flexibility index (Phi) is 11.1. The van der Waals surface area contributed by atoms with Gasteiger partial charge < -0.3 is 39.6 Å². The van der Waals surface area contributed by atoms with Gasteiger partial charge in [-0.05, 0) is 116 Å². The van der Waals surface area contributed by atoms with Gasteiger partial charge in [-0.15, -0.1) is 11.3 Å². The molecule has 2 aliphatic carbocycles. The van der Waals surface area contributed by atoms with Crippen molar-refractivity contribution in [2.24, 2.45) is 11.8 Å². The fourth-order valence-corrected chi connectivity index (χ4v) is 11.4. The van der Waals surface area contributed by atoms with Gasteiger partial charge >= 0.3 is 11.9 Å². The summed E-state index contributed by atoms with van der Waals surface area (Å²) in [5.74, 6) is -8.53. The van der Waals surface area contributed by atoms with E-state index in [1.807, 2.05) is 74.1 Å². The first-order valence-electron chi connectivity index (χ1n) is 21.4. The molecule has 0 radical (unpaired) electrons. The standard InChI is InChI=1S/C51H40Br2N4O10S/c1-24-18-35-44(58)50-42(49(63)67-51(50,64)45(35)68-24)41(43(66-50)26-9-17-36(52)37(53)20-26)47(60)55-28-10-6-25(7-11-28)23-54-46(59)27-8-14-31(34(19-27)48(61)62)40-32-15-12-29(56(2)3)21-38(32)65-39-22-30(57(4)5)13-16-33(39)40/h6-22,41-43,64H,23H2,1-5H3,(H2-,54,55,59,60,61,62)/p+1/t41-,42?,43-,50?,51?/m0/s1. The number of nitrogens with one attached hydrogen (secondary N) is 2. The van der Waals surface area contributed by atoms with Crippen LogP contribution in [0.5, 0.6) is 0 Å². The minimum Gasteiger partial charge on any atom is -0.478 e. The van der Waals surface area contributed by atoms with Crippen molar-refractivity contribution in [3.05, 3.63) is 155 Å². The van der Waals surface area contributed by atoms with E-state index in [1.54, 1.807) is 67.6 Å². The first kappa shape index (κ1) is 45.3. The number of carbonyl (C=O) groups is 5. The van der Waals surface area contributed by atoms with Crippen LogP contribution in [0.15, 0.2) is 116 Å². The summed E-state index contributed by atoms with van der Waals surface area (Å²) in [5.41, 5.74) is 2.85. The van der Waals surface area contributed by atoms with Gasteiger partial charge in [-0.3, -0.25) is 19.2 Å². The lowest BCUT2D eigenvalue weighted by Gasteiger charge is -2.31. The number of hydrogen-bond donors (Lipinski definition) is 4. The molecule has 5 aromatic rings. The number of esters is 1. The van der Waals surface area contributed by atoms with Crippen molar-refractivity contribution in [1.82, 2.24) is 9.89 Å². The summed E-state index contributed by atoms with van der Waals surface area (Å²) in [6.07, 6.45) is -1.14. The van der Waals surface area contributed by atoms with E-state index in [0.29, 0.717) is 54.7 Å². The molecule has 4 N–H and O–H groups in total. The Hall–Kier alpha value is -6.50. The smallest absolute Gasteiger partial charge is 0.336 e. The van der Waals surface area contributed by atoms with Crippen LogP contribution < -0.4 is 25.5 Å². The summed E-state index contributed by atoms with van der Waals surface area (Å²) in [4.78, 5) is 71.9. The number of carbonyl (C=O) groups excluding carboxylic acids is 4. The van der Waals surface area contributed by atoms with Crippen LogP contribution in [0.3, 0.4) is 0 Å². The number of amides is 2. The molecule has 3 unspecified atom stereocenters. The molecule has 2 saturated heterocycles. The van der Waals surface area contributed by atoms with Gasteiger partial charge in [-0.2, -0.15) is 0 Å². The van der Waals surface area contributed by atoms with Crippen LogP contribution in [0.25, 0.3) is 33.4 Å². The number of aryl methyl sites for hydroxylation is 1. The molecule has 5 atom stereocenters. The van der Waals surface area contributed by atoms with Crippen molar-refractivity contribution < 1.29 is 48.1 Å². The summed E-state index contributed by atoms with van der Waals surface area (Å²) in [6.45, 7) is 1.84. The van der Waals surface area contributed by atoms with Crippen LogP contribution in [0, 0.1) is 18.8 Å². The number of rotatable bonds is 9.